The van der Waals surface area contributed by atoms with Gasteiger partial charge in [-0.2, -0.15) is 0 Å². The Morgan fingerprint density at radius 2 is 1.46 bits per heavy atom. The Hall–Kier alpha value is -0.110. The predicted octanol–water partition coefficient (Wildman–Crippen LogP) is 3.76. The third-order valence-corrected chi connectivity index (χ3v) is 1.87. The molecule has 1 saturated carbocycles. The zero-order valence-corrected chi connectivity index (χ0v) is 9.86. The minimum atomic E-state index is -0.487. The largest absolute Gasteiger partial charge is 0.412 e. The summed E-state index contributed by atoms with van der Waals surface area (Å²) in [4.78, 5) is 0. The standard InChI is InChI=1S/C7H13F.2C2H6.H2O/c1-6-3-2-4-7(8)5-6;2*1-2;/h6-7H,2-5H2,1H3;2*1-2H3;1H2. The van der Waals surface area contributed by atoms with Crippen molar-refractivity contribution >= 4 is 0 Å². The number of halogens is 1. The molecular formula is C11H27FO. The minimum Gasteiger partial charge on any atom is -0.412 e. The maximum Gasteiger partial charge on any atom is 0.100 e. The molecule has 0 saturated heterocycles. The monoisotopic (exact) mass is 194 g/mol. The third-order valence-electron chi connectivity index (χ3n) is 1.87. The molecule has 0 radical (unpaired) electrons. The van der Waals surface area contributed by atoms with Crippen LogP contribution in [0.25, 0.3) is 0 Å². The Balaban J connectivity index is -0.000000178. The van der Waals surface area contributed by atoms with E-state index in [9.17, 15) is 4.39 Å². The van der Waals surface area contributed by atoms with Gasteiger partial charge in [0, 0.05) is 0 Å². The Labute approximate surface area is 83.0 Å². The van der Waals surface area contributed by atoms with Gasteiger partial charge in [-0.05, 0) is 18.8 Å². The van der Waals surface area contributed by atoms with E-state index in [0.717, 1.165) is 19.3 Å². The predicted molar refractivity (Wildman–Crippen MR) is 58.8 cm³/mol. The molecule has 0 amide bonds. The van der Waals surface area contributed by atoms with Crippen molar-refractivity contribution in [2.45, 2.75) is 66.5 Å². The van der Waals surface area contributed by atoms with E-state index in [1.165, 1.54) is 6.42 Å². The fraction of sp³-hybridized carbons (Fsp3) is 1.00. The maximum absolute atomic E-state index is 12.4. The summed E-state index contributed by atoms with van der Waals surface area (Å²) in [6.07, 6.45) is 3.46. The average molecular weight is 194 g/mol. The molecule has 2 atom stereocenters. The van der Waals surface area contributed by atoms with Crippen LogP contribution in [0.2, 0.25) is 0 Å². The highest BCUT2D eigenvalue weighted by Gasteiger charge is 2.16. The molecule has 0 aliphatic heterocycles. The maximum atomic E-state index is 12.4. The van der Waals surface area contributed by atoms with Crippen molar-refractivity contribution < 1.29 is 9.87 Å². The molecule has 2 unspecified atom stereocenters. The molecule has 1 fully saturated rings. The number of alkyl halides is 1. The minimum absolute atomic E-state index is 0. The molecule has 1 aliphatic carbocycles. The Morgan fingerprint density at radius 1 is 1.00 bits per heavy atom. The normalized spacial score (nSPS) is 25.4. The van der Waals surface area contributed by atoms with E-state index >= 15 is 0 Å². The van der Waals surface area contributed by atoms with Gasteiger partial charge in [0.2, 0.25) is 0 Å². The van der Waals surface area contributed by atoms with Gasteiger partial charge in [-0.3, -0.25) is 0 Å². The van der Waals surface area contributed by atoms with Crippen molar-refractivity contribution in [3.63, 3.8) is 0 Å². The van der Waals surface area contributed by atoms with Crippen molar-refractivity contribution in [1.82, 2.24) is 0 Å². The average Bonchev–Trinajstić information content (AvgIpc) is 2.11. The molecule has 2 N–H and O–H groups in total. The summed E-state index contributed by atoms with van der Waals surface area (Å²) in [5.41, 5.74) is 0. The van der Waals surface area contributed by atoms with Crippen molar-refractivity contribution in [2.75, 3.05) is 0 Å². The lowest BCUT2D eigenvalue weighted by atomic mass is 9.90. The quantitative estimate of drug-likeness (QED) is 0.562. The summed E-state index contributed by atoms with van der Waals surface area (Å²) < 4.78 is 12.4. The van der Waals surface area contributed by atoms with Crippen molar-refractivity contribution in [3.8, 4) is 0 Å². The molecule has 0 aromatic heterocycles. The molecule has 1 aliphatic rings. The van der Waals surface area contributed by atoms with Crippen LogP contribution in [-0.2, 0) is 0 Å². The Morgan fingerprint density at radius 3 is 1.69 bits per heavy atom. The van der Waals surface area contributed by atoms with Gasteiger partial charge < -0.3 is 5.48 Å². The van der Waals surface area contributed by atoms with Crippen LogP contribution < -0.4 is 0 Å². The molecular weight excluding hydrogens is 167 g/mol. The van der Waals surface area contributed by atoms with E-state index in [0.29, 0.717) is 5.92 Å². The van der Waals surface area contributed by atoms with Crippen LogP contribution in [-0.4, -0.2) is 11.6 Å². The van der Waals surface area contributed by atoms with E-state index in [1.807, 2.05) is 27.7 Å². The van der Waals surface area contributed by atoms with Crippen molar-refractivity contribution in [2.24, 2.45) is 5.92 Å². The molecule has 0 aromatic rings. The lowest BCUT2D eigenvalue weighted by Crippen LogP contribution is -2.12. The van der Waals surface area contributed by atoms with Crippen LogP contribution in [0.3, 0.4) is 0 Å². The first-order valence-corrected chi connectivity index (χ1v) is 5.43. The highest BCUT2D eigenvalue weighted by Crippen LogP contribution is 2.25. The molecule has 0 heterocycles. The highest BCUT2D eigenvalue weighted by atomic mass is 19.1. The molecule has 13 heavy (non-hydrogen) atoms. The van der Waals surface area contributed by atoms with Gasteiger partial charge in [0.15, 0.2) is 0 Å². The molecule has 0 spiro atoms. The summed E-state index contributed by atoms with van der Waals surface area (Å²) in [7, 11) is 0. The molecule has 0 bridgehead atoms. The number of hydrogen-bond donors (Lipinski definition) is 0. The number of rotatable bonds is 0. The lowest BCUT2D eigenvalue weighted by molar-refractivity contribution is 0.208. The van der Waals surface area contributed by atoms with Crippen LogP contribution in [0, 0.1) is 5.92 Å². The summed E-state index contributed by atoms with van der Waals surface area (Å²) in [6.45, 7) is 10.1. The van der Waals surface area contributed by atoms with Crippen LogP contribution in [0.5, 0.6) is 0 Å². The van der Waals surface area contributed by atoms with Crippen molar-refractivity contribution in [1.29, 1.82) is 0 Å². The van der Waals surface area contributed by atoms with Gasteiger partial charge in [0.1, 0.15) is 6.17 Å². The first kappa shape index (κ1) is 18.6. The topological polar surface area (TPSA) is 31.5 Å². The fourth-order valence-electron chi connectivity index (χ4n) is 1.36. The van der Waals surface area contributed by atoms with Crippen LogP contribution >= 0.6 is 0 Å². The molecule has 0 aromatic carbocycles. The summed E-state index contributed by atoms with van der Waals surface area (Å²) in [5.74, 6) is 0.638. The zero-order valence-electron chi connectivity index (χ0n) is 9.86. The second-order valence-electron chi connectivity index (χ2n) is 2.87. The summed E-state index contributed by atoms with van der Waals surface area (Å²) in [6, 6.07) is 0. The summed E-state index contributed by atoms with van der Waals surface area (Å²) >= 11 is 0. The molecule has 1 rings (SSSR count). The van der Waals surface area contributed by atoms with Gasteiger partial charge in [0.05, 0.1) is 0 Å². The van der Waals surface area contributed by atoms with E-state index in [1.54, 1.807) is 0 Å². The SMILES string of the molecule is CC.CC.CC1CCCC(F)C1.O. The van der Waals surface area contributed by atoms with Crippen LogP contribution in [0.15, 0.2) is 0 Å². The lowest BCUT2D eigenvalue weighted by Gasteiger charge is -2.20. The smallest absolute Gasteiger partial charge is 0.100 e. The van der Waals surface area contributed by atoms with Crippen LogP contribution in [0.4, 0.5) is 4.39 Å². The van der Waals surface area contributed by atoms with E-state index in [2.05, 4.69) is 6.92 Å². The van der Waals surface area contributed by atoms with Gasteiger partial charge in [-0.15, -0.1) is 0 Å². The van der Waals surface area contributed by atoms with Crippen molar-refractivity contribution in [3.05, 3.63) is 0 Å². The van der Waals surface area contributed by atoms with Gasteiger partial charge in [0.25, 0.3) is 0 Å². The Kier molecular flexibility index (Phi) is 20.7. The molecule has 1 nitrogen and oxygen atoms in total. The first-order valence-electron chi connectivity index (χ1n) is 5.43. The van der Waals surface area contributed by atoms with E-state index in [4.69, 9.17) is 0 Å². The van der Waals surface area contributed by atoms with Gasteiger partial charge in [-0.1, -0.05) is 47.5 Å². The Bertz CT molecular complexity index is 68.5. The molecule has 2 heteroatoms. The first-order chi connectivity index (χ1) is 5.79. The highest BCUT2D eigenvalue weighted by molar-refractivity contribution is 4.68. The van der Waals surface area contributed by atoms with Gasteiger partial charge in [-0.25, -0.2) is 4.39 Å². The zero-order chi connectivity index (χ0) is 9.98. The second kappa shape index (κ2) is 14.4. The molecule has 84 valence electrons. The van der Waals surface area contributed by atoms with Crippen LogP contribution in [0.1, 0.15) is 60.3 Å². The number of hydrogen-bond acceptors (Lipinski definition) is 0. The summed E-state index contributed by atoms with van der Waals surface area (Å²) in [5, 5.41) is 0. The third kappa shape index (κ3) is 11.9. The fourth-order valence-corrected chi connectivity index (χ4v) is 1.36. The van der Waals surface area contributed by atoms with E-state index < -0.39 is 6.17 Å². The second-order valence-corrected chi connectivity index (χ2v) is 2.87. The van der Waals surface area contributed by atoms with Gasteiger partial charge >= 0.3 is 0 Å². The van der Waals surface area contributed by atoms with E-state index in [-0.39, 0.29) is 5.48 Å².